The van der Waals surface area contributed by atoms with Gasteiger partial charge in [-0.3, -0.25) is 4.98 Å². The van der Waals surface area contributed by atoms with Crippen LogP contribution in [-0.2, 0) is 12.6 Å². The molecule has 2 nitrogen and oxygen atoms in total. The zero-order chi connectivity index (χ0) is 11.7. The van der Waals surface area contributed by atoms with Crippen molar-refractivity contribution in [3.63, 3.8) is 0 Å². The average molecular weight is 219 g/mol. The van der Waals surface area contributed by atoms with Crippen LogP contribution in [0.4, 0.5) is 13.2 Å². The highest BCUT2D eigenvalue weighted by Crippen LogP contribution is 2.32. The quantitative estimate of drug-likeness (QED) is 0.828. The van der Waals surface area contributed by atoms with Crippen LogP contribution in [0.1, 0.15) is 25.1 Å². The molecular formula is C10H12F3NO. The summed E-state index contributed by atoms with van der Waals surface area (Å²) < 4.78 is 37.5. The molecule has 0 fully saturated rings. The van der Waals surface area contributed by atoms with E-state index in [0.717, 1.165) is 6.07 Å². The van der Waals surface area contributed by atoms with Gasteiger partial charge < -0.3 is 5.11 Å². The lowest BCUT2D eigenvalue weighted by Crippen LogP contribution is -2.25. The van der Waals surface area contributed by atoms with Crippen LogP contribution >= 0.6 is 0 Å². The molecule has 0 spiro atoms. The Morgan fingerprint density at radius 1 is 1.33 bits per heavy atom. The van der Waals surface area contributed by atoms with E-state index >= 15 is 0 Å². The van der Waals surface area contributed by atoms with Crippen molar-refractivity contribution in [2.24, 2.45) is 0 Å². The van der Waals surface area contributed by atoms with Crippen molar-refractivity contribution in [1.29, 1.82) is 0 Å². The number of alkyl halides is 3. The van der Waals surface area contributed by atoms with Gasteiger partial charge in [0, 0.05) is 12.6 Å². The molecule has 0 radical (unpaired) electrons. The summed E-state index contributed by atoms with van der Waals surface area (Å²) in [5, 5.41) is 9.45. The van der Waals surface area contributed by atoms with Gasteiger partial charge in [-0.25, -0.2) is 0 Å². The molecule has 1 N–H and O–H groups in total. The molecule has 1 aromatic heterocycles. The Kier molecular flexibility index (Phi) is 3.04. The van der Waals surface area contributed by atoms with Crippen molar-refractivity contribution in [2.75, 3.05) is 0 Å². The molecule has 84 valence electrons. The van der Waals surface area contributed by atoms with E-state index in [9.17, 15) is 18.3 Å². The third-order valence-electron chi connectivity index (χ3n) is 1.80. The SMILES string of the molecule is CC(C)(O)Cc1ncccc1C(F)(F)F. The van der Waals surface area contributed by atoms with Gasteiger partial charge in [-0.2, -0.15) is 13.2 Å². The van der Waals surface area contributed by atoms with Crippen molar-refractivity contribution in [1.82, 2.24) is 4.98 Å². The highest BCUT2D eigenvalue weighted by atomic mass is 19.4. The number of rotatable bonds is 2. The first kappa shape index (κ1) is 12.0. The maximum Gasteiger partial charge on any atom is 0.418 e. The molecule has 0 unspecified atom stereocenters. The van der Waals surface area contributed by atoms with Gasteiger partial charge in [0.15, 0.2) is 0 Å². The Balaban J connectivity index is 3.08. The fourth-order valence-electron chi connectivity index (χ4n) is 1.25. The number of pyridine rings is 1. The van der Waals surface area contributed by atoms with Crippen molar-refractivity contribution < 1.29 is 18.3 Å². The Labute approximate surface area is 85.8 Å². The van der Waals surface area contributed by atoms with Gasteiger partial charge in [0.25, 0.3) is 0 Å². The smallest absolute Gasteiger partial charge is 0.390 e. The van der Waals surface area contributed by atoms with Crippen molar-refractivity contribution in [2.45, 2.75) is 32.0 Å². The third kappa shape index (κ3) is 3.51. The van der Waals surface area contributed by atoms with Gasteiger partial charge in [-0.1, -0.05) is 0 Å². The molecule has 0 amide bonds. The second-order valence-electron chi connectivity index (χ2n) is 3.98. The number of nitrogens with zero attached hydrogens (tertiary/aromatic N) is 1. The monoisotopic (exact) mass is 219 g/mol. The summed E-state index contributed by atoms with van der Waals surface area (Å²) in [5.74, 6) is 0. The fraction of sp³-hybridized carbons (Fsp3) is 0.500. The van der Waals surface area contributed by atoms with Crippen LogP contribution < -0.4 is 0 Å². The van der Waals surface area contributed by atoms with E-state index in [1.807, 2.05) is 0 Å². The second-order valence-corrected chi connectivity index (χ2v) is 3.98. The molecule has 0 aliphatic rings. The Morgan fingerprint density at radius 2 is 1.93 bits per heavy atom. The average Bonchev–Trinajstić information content (AvgIpc) is 1.99. The second kappa shape index (κ2) is 3.81. The minimum absolute atomic E-state index is 0.122. The molecule has 0 aliphatic heterocycles. The summed E-state index contributed by atoms with van der Waals surface area (Å²) in [6.07, 6.45) is -3.26. The van der Waals surface area contributed by atoms with Gasteiger partial charge in [0.05, 0.1) is 16.9 Å². The molecule has 1 aromatic rings. The number of halogens is 3. The molecule has 0 saturated carbocycles. The number of hydrogen-bond acceptors (Lipinski definition) is 2. The predicted octanol–water partition coefficient (Wildman–Crippen LogP) is 2.41. The van der Waals surface area contributed by atoms with Gasteiger partial charge in [0.1, 0.15) is 0 Å². The number of aliphatic hydroxyl groups is 1. The van der Waals surface area contributed by atoms with Crippen molar-refractivity contribution in [3.8, 4) is 0 Å². The van der Waals surface area contributed by atoms with Crippen LogP contribution in [-0.4, -0.2) is 15.7 Å². The Bertz CT molecular complexity index is 341. The summed E-state index contributed by atoms with van der Waals surface area (Å²) in [6, 6.07) is 2.20. The van der Waals surface area contributed by atoms with Crippen molar-refractivity contribution in [3.05, 3.63) is 29.6 Å². The predicted molar refractivity (Wildman–Crippen MR) is 49.2 cm³/mol. The number of hydrogen-bond donors (Lipinski definition) is 1. The molecule has 0 aliphatic carbocycles. The summed E-state index contributed by atoms with van der Waals surface area (Å²) in [6.45, 7) is 2.89. The molecule has 0 atom stereocenters. The van der Waals surface area contributed by atoms with E-state index in [1.165, 1.54) is 26.1 Å². The molecular weight excluding hydrogens is 207 g/mol. The summed E-state index contributed by atoms with van der Waals surface area (Å²) in [4.78, 5) is 3.65. The zero-order valence-corrected chi connectivity index (χ0v) is 8.47. The first-order valence-electron chi connectivity index (χ1n) is 4.43. The maximum absolute atomic E-state index is 12.5. The highest BCUT2D eigenvalue weighted by Gasteiger charge is 2.34. The standard InChI is InChI=1S/C10H12F3NO/c1-9(2,15)6-8-7(10(11,12)13)4-3-5-14-8/h3-5,15H,6H2,1-2H3. The first-order valence-corrected chi connectivity index (χ1v) is 4.43. The molecule has 15 heavy (non-hydrogen) atoms. The minimum atomic E-state index is -4.42. The van der Waals surface area contributed by atoms with Crippen LogP contribution in [0.3, 0.4) is 0 Å². The minimum Gasteiger partial charge on any atom is -0.390 e. The van der Waals surface area contributed by atoms with E-state index in [1.54, 1.807) is 0 Å². The fourth-order valence-corrected chi connectivity index (χ4v) is 1.25. The van der Waals surface area contributed by atoms with Gasteiger partial charge >= 0.3 is 6.18 Å². The van der Waals surface area contributed by atoms with E-state index in [2.05, 4.69) is 4.98 Å². The molecule has 5 heteroatoms. The first-order chi connectivity index (χ1) is 6.70. The Hall–Kier alpha value is -1.10. The molecule has 1 heterocycles. The molecule has 0 saturated heterocycles. The van der Waals surface area contributed by atoms with E-state index in [0.29, 0.717) is 0 Å². The summed E-state index contributed by atoms with van der Waals surface area (Å²) in [5.41, 5.74) is -2.11. The lowest BCUT2D eigenvalue weighted by Gasteiger charge is -2.19. The summed E-state index contributed by atoms with van der Waals surface area (Å²) >= 11 is 0. The van der Waals surface area contributed by atoms with Gasteiger partial charge in [-0.15, -0.1) is 0 Å². The van der Waals surface area contributed by atoms with Crippen molar-refractivity contribution >= 4 is 0 Å². The molecule has 0 aromatic carbocycles. The topological polar surface area (TPSA) is 33.1 Å². The van der Waals surface area contributed by atoms with Crippen LogP contribution in [0.15, 0.2) is 18.3 Å². The molecule has 1 rings (SSSR count). The van der Waals surface area contributed by atoms with Crippen LogP contribution in [0.2, 0.25) is 0 Å². The largest absolute Gasteiger partial charge is 0.418 e. The Morgan fingerprint density at radius 3 is 2.40 bits per heavy atom. The maximum atomic E-state index is 12.5. The third-order valence-corrected chi connectivity index (χ3v) is 1.80. The number of aromatic nitrogens is 1. The van der Waals surface area contributed by atoms with Gasteiger partial charge in [-0.05, 0) is 26.0 Å². The normalized spacial score (nSPS) is 12.9. The van der Waals surface area contributed by atoms with Crippen LogP contribution in [0.5, 0.6) is 0 Å². The van der Waals surface area contributed by atoms with Crippen LogP contribution in [0, 0.1) is 0 Å². The lowest BCUT2D eigenvalue weighted by molar-refractivity contribution is -0.138. The zero-order valence-electron chi connectivity index (χ0n) is 8.47. The molecule has 0 bridgehead atoms. The van der Waals surface area contributed by atoms with E-state index in [4.69, 9.17) is 0 Å². The highest BCUT2D eigenvalue weighted by molar-refractivity contribution is 5.24. The van der Waals surface area contributed by atoms with Crippen LogP contribution in [0.25, 0.3) is 0 Å². The van der Waals surface area contributed by atoms with E-state index < -0.39 is 17.3 Å². The van der Waals surface area contributed by atoms with E-state index in [-0.39, 0.29) is 12.1 Å². The van der Waals surface area contributed by atoms with Gasteiger partial charge in [0.2, 0.25) is 0 Å². The summed E-state index contributed by atoms with van der Waals surface area (Å²) in [7, 11) is 0. The lowest BCUT2D eigenvalue weighted by atomic mass is 9.99.